The lowest BCUT2D eigenvalue weighted by atomic mass is 10.2. The number of amides is 1. The molecule has 0 aromatic carbocycles. The van der Waals surface area contributed by atoms with Gasteiger partial charge < -0.3 is 15.0 Å². The predicted octanol–water partition coefficient (Wildman–Crippen LogP) is 1.89. The number of carbonyl (C=O) groups is 1. The van der Waals surface area contributed by atoms with Gasteiger partial charge in [-0.15, -0.1) is 11.3 Å². The van der Waals surface area contributed by atoms with Crippen molar-refractivity contribution < 1.29 is 9.53 Å². The third-order valence-corrected chi connectivity index (χ3v) is 3.72. The summed E-state index contributed by atoms with van der Waals surface area (Å²) in [6.45, 7) is 4.81. The summed E-state index contributed by atoms with van der Waals surface area (Å²) in [5.74, 6) is -0.0553. The van der Waals surface area contributed by atoms with Crippen LogP contribution in [0.5, 0.6) is 0 Å². The molecule has 1 heterocycles. The van der Waals surface area contributed by atoms with Crippen molar-refractivity contribution in [2.24, 2.45) is 0 Å². The second kappa shape index (κ2) is 7.51. The highest BCUT2D eigenvalue weighted by Gasteiger charge is 2.18. The maximum Gasteiger partial charge on any atom is 0.248 e. The van der Waals surface area contributed by atoms with Gasteiger partial charge in [-0.05, 0) is 39.4 Å². The Labute approximate surface area is 113 Å². The van der Waals surface area contributed by atoms with Gasteiger partial charge >= 0.3 is 0 Å². The highest BCUT2D eigenvalue weighted by atomic mass is 32.1. The summed E-state index contributed by atoms with van der Waals surface area (Å²) in [6, 6.07) is 4.33. The zero-order chi connectivity index (χ0) is 13.5. The molecule has 5 heteroatoms. The summed E-state index contributed by atoms with van der Waals surface area (Å²) in [4.78, 5) is 15.1. The molecule has 0 aliphatic heterocycles. The minimum Gasteiger partial charge on any atom is -0.369 e. The summed E-state index contributed by atoms with van der Waals surface area (Å²) in [6.07, 6.45) is -0.388. The molecule has 1 amide bonds. The minimum absolute atomic E-state index is 0.0553. The molecule has 1 rings (SSSR count). The van der Waals surface area contributed by atoms with Crippen LogP contribution in [0.2, 0.25) is 0 Å². The van der Waals surface area contributed by atoms with Crippen LogP contribution in [-0.2, 0) is 9.53 Å². The average Bonchev–Trinajstić information content (AvgIpc) is 2.82. The monoisotopic (exact) mass is 270 g/mol. The van der Waals surface area contributed by atoms with Gasteiger partial charge in [-0.3, -0.25) is 4.79 Å². The van der Waals surface area contributed by atoms with E-state index >= 15 is 0 Å². The fourth-order valence-electron chi connectivity index (χ4n) is 1.69. The van der Waals surface area contributed by atoms with Crippen LogP contribution in [0.25, 0.3) is 0 Å². The fraction of sp³-hybridized carbons (Fsp3) is 0.615. The molecule has 0 saturated carbocycles. The Kier molecular flexibility index (Phi) is 6.32. The first-order valence-electron chi connectivity index (χ1n) is 6.15. The summed E-state index contributed by atoms with van der Waals surface area (Å²) >= 11 is 1.71. The number of carbonyl (C=O) groups excluding carboxylic acids is 1. The van der Waals surface area contributed by atoms with Gasteiger partial charge in [0.1, 0.15) is 6.10 Å². The van der Waals surface area contributed by atoms with Gasteiger partial charge in [0.25, 0.3) is 0 Å². The van der Waals surface area contributed by atoms with Gasteiger partial charge in [0, 0.05) is 18.0 Å². The number of hydrogen-bond donors (Lipinski definition) is 1. The third kappa shape index (κ3) is 4.40. The molecule has 102 valence electrons. The number of thiophene rings is 1. The fourth-order valence-corrected chi connectivity index (χ4v) is 2.61. The summed E-state index contributed by atoms with van der Waals surface area (Å²) < 4.78 is 5.26. The number of likely N-dealkylation sites (N-methyl/N-ethyl adjacent to an activating group) is 1. The van der Waals surface area contributed by atoms with Gasteiger partial charge in [-0.1, -0.05) is 6.07 Å². The first-order valence-corrected chi connectivity index (χ1v) is 7.03. The quantitative estimate of drug-likeness (QED) is 0.822. The topological polar surface area (TPSA) is 41.6 Å². The normalized spacial score (nSPS) is 14.5. The van der Waals surface area contributed by atoms with Crippen molar-refractivity contribution in [2.75, 3.05) is 27.2 Å². The molecule has 0 radical (unpaired) electrons. The number of hydrogen-bond acceptors (Lipinski definition) is 4. The van der Waals surface area contributed by atoms with Gasteiger partial charge in [-0.25, -0.2) is 0 Å². The van der Waals surface area contributed by atoms with E-state index in [2.05, 4.69) is 21.7 Å². The van der Waals surface area contributed by atoms with Crippen LogP contribution in [0.1, 0.15) is 24.8 Å². The smallest absolute Gasteiger partial charge is 0.248 e. The molecule has 1 N–H and O–H groups in total. The molecule has 0 aliphatic carbocycles. The third-order valence-electron chi connectivity index (χ3n) is 2.75. The van der Waals surface area contributed by atoms with Gasteiger partial charge in [0.15, 0.2) is 0 Å². The largest absolute Gasteiger partial charge is 0.369 e. The van der Waals surface area contributed by atoms with Crippen molar-refractivity contribution in [2.45, 2.75) is 26.0 Å². The van der Waals surface area contributed by atoms with Crippen LogP contribution in [0.15, 0.2) is 17.5 Å². The highest BCUT2D eigenvalue weighted by molar-refractivity contribution is 7.10. The molecule has 18 heavy (non-hydrogen) atoms. The van der Waals surface area contributed by atoms with Crippen LogP contribution >= 0.6 is 11.3 Å². The summed E-state index contributed by atoms with van der Waals surface area (Å²) in [7, 11) is 4.03. The second-order valence-corrected chi connectivity index (χ2v) is 5.32. The van der Waals surface area contributed by atoms with Crippen molar-refractivity contribution in [3.8, 4) is 0 Å². The molecule has 1 aromatic heterocycles. The van der Waals surface area contributed by atoms with Crippen molar-refractivity contribution in [3.05, 3.63) is 22.4 Å². The Hall–Kier alpha value is -0.910. The van der Waals surface area contributed by atoms with Crippen molar-refractivity contribution in [3.63, 3.8) is 0 Å². The maximum absolute atomic E-state index is 11.8. The average molecular weight is 270 g/mol. The van der Waals surface area contributed by atoms with Crippen LogP contribution in [0.3, 0.4) is 0 Å². The molecular weight excluding hydrogens is 248 g/mol. The van der Waals surface area contributed by atoms with E-state index in [-0.39, 0.29) is 18.1 Å². The van der Waals surface area contributed by atoms with E-state index in [0.29, 0.717) is 13.2 Å². The highest BCUT2D eigenvalue weighted by Crippen LogP contribution is 2.22. The maximum atomic E-state index is 11.8. The van der Waals surface area contributed by atoms with Gasteiger partial charge in [-0.2, -0.15) is 0 Å². The van der Waals surface area contributed by atoms with E-state index < -0.39 is 0 Å². The van der Waals surface area contributed by atoms with E-state index in [1.165, 1.54) is 4.88 Å². The van der Waals surface area contributed by atoms with Crippen molar-refractivity contribution in [1.29, 1.82) is 0 Å². The lowest BCUT2D eigenvalue weighted by Crippen LogP contribution is -2.39. The molecule has 1 aromatic rings. The Bertz CT molecular complexity index is 352. The molecular formula is C13H22N2O2S. The first-order chi connectivity index (χ1) is 8.56. The first kappa shape index (κ1) is 15.1. The van der Waals surface area contributed by atoms with Crippen LogP contribution in [-0.4, -0.2) is 44.2 Å². The van der Waals surface area contributed by atoms with E-state index in [1.807, 2.05) is 27.1 Å². The van der Waals surface area contributed by atoms with Gasteiger partial charge in [0.2, 0.25) is 5.91 Å². The molecule has 4 nitrogen and oxygen atoms in total. The molecule has 0 unspecified atom stereocenters. The Balaban J connectivity index is 2.51. The van der Waals surface area contributed by atoms with Crippen molar-refractivity contribution in [1.82, 2.24) is 10.2 Å². The zero-order valence-corrected chi connectivity index (χ0v) is 12.3. The molecule has 0 fully saturated rings. The molecule has 0 spiro atoms. The molecule has 0 aliphatic rings. The lowest BCUT2D eigenvalue weighted by molar-refractivity contribution is -0.131. The van der Waals surface area contributed by atoms with E-state index in [9.17, 15) is 4.79 Å². The SMILES string of the molecule is CCO[C@H](C)C(=O)NC[C@@H](c1cccs1)N(C)C. The second-order valence-electron chi connectivity index (χ2n) is 4.34. The lowest BCUT2D eigenvalue weighted by Gasteiger charge is -2.24. The Morgan fingerprint density at radius 3 is 2.78 bits per heavy atom. The van der Waals surface area contributed by atoms with E-state index in [1.54, 1.807) is 18.3 Å². The predicted molar refractivity (Wildman–Crippen MR) is 74.8 cm³/mol. The summed E-state index contributed by atoms with van der Waals surface area (Å²) in [5, 5.41) is 4.99. The zero-order valence-electron chi connectivity index (χ0n) is 11.5. The van der Waals surface area contributed by atoms with Crippen LogP contribution in [0.4, 0.5) is 0 Å². The number of ether oxygens (including phenoxy) is 1. The molecule has 0 saturated heterocycles. The minimum atomic E-state index is -0.388. The molecule has 0 bridgehead atoms. The van der Waals surface area contributed by atoms with E-state index in [4.69, 9.17) is 4.74 Å². The molecule has 2 atom stereocenters. The van der Waals surface area contributed by atoms with Gasteiger partial charge in [0.05, 0.1) is 6.04 Å². The van der Waals surface area contributed by atoms with Crippen molar-refractivity contribution >= 4 is 17.2 Å². The van der Waals surface area contributed by atoms with Crippen LogP contribution < -0.4 is 5.32 Å². The van der Waals surface area contributed by atoms with E-state index in [0.717, 1.165) is 0 Å². The van der Waals surface area contributed by atoms with Crippen LogP contribution in [0, 0.1) is 0 Å². The standard InChI is InChI=1S/C13H22N2O2S/c1-5-17-10(2)13(16)14-9-11(15(3)4)12-7-6-8-18-12/h6-8,10-11H,5,9H2,1-4H3,(H,14,16)/t10-,11+/m1/s1. The summed E-state index contributed by atoms with van der Waals surface area (Å²) in [5.41, 5.74) is 0. The number of nitrogens with zero attached hydrogens (tertiary/aromatic N) is 1. The number of rotatable bonds is 7. The Morgan fingerprint density at radius 1 is 1.56 bits per heavy atom. The number of nitrogens with one attached hydrogen (secondary N) is 1. The Morgan fingerprint density at radius 2 is 2.28 bits per heavy atom.